The second kappa shape index (κ2) is 3.48. The monoisotopic (exact) mass is 233 g/mol. The van der Waals surface area contributed by atoms with Crippen LogP contribution in [-0.4, -0.2) is 19.3 Å². The molecule has 0 spiro atoms. The Morgan fingerprint density at radius 1 is 1.41 bits per heavy atom. The van der Waals surface area contributed by atoms with E-state index in [2.05, 4.69) is 28.5 Å². The summed E-state index contributed by atoms with van der Waals surface area (Å²) in [4.78, 5) is 4.49. The normalized spacial score (nSPS) is 23.5. The van der Waals surface area contributed by atoms with Gasteiger partial charge in [0.05, 0.1) is 5.69 Å². The summed E-state index contributed by atoms with van der Waals surface area (Å²) < 4.78 is 4.10. The first kappa shape index (κ1) is 10.6. The van der Waals surface area contributed by atoms with Gasteiger partial charge in [-0.3, -0.25) is 9.25 Å². The Morgan fingerprint density at radius 3 is 2.76 bits per heavy atom. The van der Waals surface area contributed by atoms with E-state index in [9.17, 15) is 0 Å². The molecule has 17 heavy (non-hydrogen) atoms. The molecule has 5 heteroatoms. The van der Waals surface area contributed by atoms with Gasteiger partial charge in [-0.15, -0.1) is 0 Å². The number of anilines is 1. The van der Waals surface area contributed by atoms with E-state index in [4.69, 9.17) is 5.73 Å². The average Bonchev–Trinajstić information content (AvgIpc) is 2.92. The van der Waals surface area contributed by atoms with E-state index in [-0.39, 0.29) is 0 Å². The van der Waals surface area contributed by atoms with Crippen LogP contribution in [0.3, 0.4) is 0 Å². The lowest BCUT2D eigenvalue weighted by Gasteiger charge is -2.05. The molecular formula is C12H19N5. The fourth-order valence-electron chi connectivity index (χ4n) is 2.77. The van der Waals surface area contributed by atoms with Crippen molar-refractivity contribution < 1.29 is 0 Å². The van der Waals surface area contributed by atoms with Gasteiger partial charge in [0.25, 0.3) is 0 Å². The first-order valence-electron chi connectivity index (χ1n) is 6.36. The Kier molecular flexibility index (Phi) is 2.18. The number of aromatic nitrogens is 4. The highest BCUT2D eigenvalue weighted by molar-refractivity contribution is 5.78. The molecule has 2 heterocycles. The third-order valence-electron chi connectivity index (χ3n) is 3.84. The van der Waals surface area contributed by atoms with Gasteiger partial charge in [-0.1, -0.05) is 20.3 Å². The molecule has 0 bridgehead atoms. The van der Waals surface area contributed by atoms with Crippen LogP contribution in [0.25, 0.3) is 11.2 Å². The summed E-state index contributed by atoms with van der Waals surface area (Å²) in [5.74, 6) is 1.40. The molecule has 0 amide bonds. The van der Waals surface area contributed by atoms with Crippen molar-refractivity contribution in [3.05, 3.63) is 5.69 Å². The van der Waals surface area contributed by atoms with Crippen LogP contribution in [0.15, 0.2) is 0 Å². The quantitative estimate of drug-likeness (QED) is 0.880. The molecule has 0 radical (unpaired) electrons. The van der Waals surface area contributed by atoms with Crippen molar-refractivity contribution in [1.82, 2.24) is 19.3 Å². The van der Waals surface area contributed by atoms with E-state index in [0.29, 0.717) is 12.0 Å². The number of hydrogen-bond donors (Lipinski definition) is 1. The highest BCUT2D eigenvalue weighted by Gasteiger charge is 2.40. The molecule has 1 saturated carbocycles. The third-order valence-corrected chi connectivity index (χ3v) is 3.84. The maximum absolute atomic E-state index is 6.06. The number of nitrogens with zero attached hydrogens (tertiary/aromatic N) is 4. The van der Waals surface area contributed by atoms with Crippen LogP contribution in [0, 0.1) is 5.92 Å². The van der Waals surface area contributed by atoms with Crippen molar-refractivity contribution in [2.75, 3.05) is 5.73 Å². The summed E-state index contributed by atoms with van der Waals surface area (Å²) in [5.41, 5.74) is 9.17. The van der Waals surface area contributed by atoms with Gasteiger partial charge in [0, 0.05) is 13.1 Å². The van der Waals surface area contributed by atoms with Crippen molar-refractivity contribution in [2.45, 2.75) is 39.2 Å². The molecule has 1 aliphatic carbocycles. The molecule has 2 unspecified atom stereocenters. The van der Waals surface area contributed by atoms with Crippen LogP contribution >= 0.6 is 0 Å². The van der Waals surface area contributed by atoms with Crippen molar-refractivity contribution >= 4 is 17.1 Å². The van der Waals surface area contributed by atoms with Gasteiger partial charge >= 0.3 is 0 Å². The van der Waals surface area contributed by atoms with Crippen LogP contribution < -0.4 is 5.73 Å². The van der Waals surface area contributed by atoms with E-state index in [1.54, 1.807) is 0 Å². The smallest absolute Gasteiger partial charge is 0.202 e. The molecule has 3 rings (SSSR count). The molecule has 0 saturated heterocycles. The molecular weight excluding hydrogens is 214 g/mol. The standard InChI is InChI=1S/C12H19N5/c1-4-7-6-9(7)17-11-10(14-12(17)13)8(5-2)15-16(11)3/h7,9H,4-6H2,1-3H3,(H2,13,14). The van der Waals surface area contributed by atoms with Crippen LogP contribution in [0.4, 0.5) is 5.95 Å². The average molecular weight is 233 g/mol. The molecule has 5 nitrogen and oxygen atoms in total. The molecule has 2 aromatic rings. The lowest BCUT2D eigenvalue weighted by atomic mass is 10.3. The second-order valence-electron chi connectivity index (χ2n) is 4.91. The topological polar surface area (TPSA) is 61.7 Å². The van der Waals surface area contributed by atoms with Gasteiger partial charge in [0.1, 0.15) is 5.52 Å². The van der Waals surface area contributed by atoms with E-state index >= 15 is 0 Å². The van der Waals surface area contributed by atoms with Crippen LogP contribution in [-0.2, 0) is 13.5 Å². The molecule has 0 aromatic carbocycles. The highest BCUT2D eigenvalue weighted by Crippen LogP contribution is 2.48. The Hall–Kier alpha value is -1.52. The van der Waals surface area contributed by atoms with Crippen molar-refractivity contribution in [1.29, 1.82) is 0 Å². The number of rotatable bonds is 3. The third kappa shape index (κ3) is 1.38. The lowest BCUT2D eigenvalue weighted by Crippen LogP contribution is -2.06. The van der Waals surface area contributed by atoms with Crippen LogP contribution in [0.1, 0.15) is 38.4 Å². The number of fused-ring (bicyclic) bond motifs is 1. The Labute approximate surface area is 101 Å². The maximum atomic E-state index is 6.06. The summed E-state index contributed by atoms with van der Waals surface area (Å²) in [6.45, 7) is 4.33. The van der Waals surface area contributed by atoms with E-state index in [1.165, 1.54) is 12.8 Å². The van der Waals surface area contributed by atoms with E-state index < -0.39 is 0 Å². The highest BCUT2D eigenvalue weighted by atomic mass is 15.4. The van der Waals surface area contributed by atoms with Gasteiger partial charge in [0.15, 0.2) is 5.65 Å². The number of hydrogen-bond acceptors (Lipinski definition) is 3. The van der Waals surface area contributed by atoms with E-state index in [1.807, 2.05) is 11.7 Å². The van der Waals surface area contributed by atoms with Crippen LogP contribution in [0.5, 0.6) is 0 Å². The minimum absolute atomic E-state index is 0.533. The molecule has 1 fully saturated rings. The van der Waals surface area contributed by atoms with Gasteiger partial charge in [-0.25, -0.2) is 4.98 Å². The summed E-state index contributed by atoms with van der Waals surface area (Å²) in [7, 11) is 1.97. The Bertz CT molecular complexity index is 565. The molecule has 2 atom stereocenters. The number of imidazole rings is 1. The largest absolute Gasteiger partial charge is 0.369 e. The zero-order valence-electron chi connectivity index (χ0n) is 10.6. The molecule has 2 aromatic heterocycles. The number of nitrogen functional groups attached to an aromatic ring is 1. The van der Waals surface area contributed by atoms with Gasteiger partial charge < -0.3 is 5.73 Å². The number of nitrogens with two attached hydrogens (primary N) is 1. The Morgan fingerprint density at radius 2 is 2.18 bits per heavy atom. The zero-order chi connectivity index (χ0) is 12.2. The second-order valence-corrected chi connectivity index (χ2v) is 4.91. The summed E-state index contributed by atoms with van der Waals surface area (Å²) in [6.07, 6.45) is 3.33. The number of aryl methyl sites for hydroxylation is 2. The lowest BCUT2D eigenvalue weighted by molar-refractivity contribution is 0.637. The van der Waals surface area contributed by atoms with Gasteiger partial charge in [-0.2, -0.15) is 5.10 Å². The first-order chi connectivity index (χ1) is 8.17. The fourth-order valence-corrected chi connectivity index (χ4v) is 2.77. The predicted molar refractivity (Wildman–Crippen MR) is 67.7 cm³/mol. The predicted octanol–water partition coefficient (Wildman–Crippen LogP) is 1.89. The summed E-state index contributed by atoms with van der Waals surface area (Å²) >= 11 is 0. The molecule has 1 aliphatic rings. The van der Waals surface area contributed by atoms with Gasteiger partial charge in [0.2, 0.25) is 5.95 Å². The minimum atomic E-state index is 0.533. The van der Waals surface area contributed by atoms with E-state index in [0.717, 1.165) is 29.2 Å². The van der Waals surface area contributed by atoms with Gasteiger partial charge in [-0.05, 0) is 18.8 Å². The first-order valence-corrected chi connectivity index (χ1v) is 6.36. The molecule has 2 N–H and O–H groups in total. The fraction of sp³-hybridized carbons (Fsp3) is 0.667. The molecule has 0 aliphatic heterocycles. The molecule has 92 valence electrons. The van der Waals surface area contributed by atoms with Crippen molar-refractivity contribution in [3.8, 4) is 0 Å². The zero-order valence-corrected chi connectivity index (χ0v) is 10.6. The van der Waals surface area contributed by atoms with Crippen LogP contribution in [0.2, 0.25) is 0 Å². The maximum Gasteiger partial charge on any atom is 0.202 e. The SMILES string of the molecule is CCc1nn(C)c2c1nc(N)n2C1CC1CC. The summed E-state index contributed by atoms with van der Waals surface area (Å²) in [5, 5.41) is 4.51. The Balaban J connectivity index is 2.17. The van der Waals surface area contributed by atoms with Crippen molar-refractivity contribution in [2.24, 2.45) is 13.0 Å². The summed E-state index contributed by atoms with van der Waals surface area (Å²) in [6, 6.07) is 0.533. The minimum Gasteiger partial charge on any atom is -0.369 e. The van der Waals surface area contributed by atoms with Crippen molar-refractivity contribution in [3.63, 3.8) is 0 Å².